The number of carboxylic acid groups (broad SMARTS) is 1. The normalized spacial score (nSPS) is 21.1. The Hall–Kier alpha value is -1.63. The Labute approximate surface area is 98.9 Å². The van der Waals surface area contributed by atoms with E-state index in [-0.39, 0.29) is 19.0 Å². The number of aliphatic carboxylic acids is 1. The van der Waals surface area contributed by atoms with Crippen LogP contribution in [0, 0.1) is 0 Å². The van der Waals surface area contributed by atoms with Crippen molar-refractivity contribution in [3.05, 3.63) is 0 Å². The Balaban J connectivity index is 2.73. The van der Waals surface area contributed by atoms with Gasteiger partial charge in [0.25, 0.3) is 0 Å². The molecule has 1 aliphatic heterocycles. The van der Waals surface area contributed by atoms with Gasteiger partial charge in [0.15, 0.2) is 0 Å². The van der Waals surface area contributed by atoms with Crippen molar-refractivity contribution in [1.82, 2.24) is 9.80 Å². The standard InChI is InChI=1S/C10H16N2O5/c1-7(13)12-4-3-11(6-9(14)15)5-8(12)10(16)17-2/h8H,3-6H2,1-2H3,(H,14,15)/t8-/m0/s1. The number of hydrogen-bond donors (Lipinski definition) is 1. The number of nitrogens with zero attached hydrogens (tertiary/aromatic N) is 2. The SMILES string of the molecule is COC(=O)[C@@H]1CN(CC(=O)O)CCN1C(C)=O. The fourth-order valence-corrected chi connectivity index (χ4v) is 1.89. The van der Waals surface area contributed by atoms with Gasteiger partial charge in [-0.3, -0.25) is 14.5 Å². The monoisotopic (exact) mass is 244 g/mol. The maximum absolute atomic E-state index is 11.5. The summed E-state index contributed by atoms with van der Waals surface area (Å²) in [4.78, 5) is 36.5. The van der Waals surface area contributed by atoms with Gasteiger partial charge < -0.3 is 14.7 Å². The molecule has 0 aromatic heterocycles. The molecule has 0 spiro atoms. The Bertz CT molecular complexity index is 331. The van der Waals surface area contributed by atoms with E-state index in [0.29, 0.717) is 13.1 Å². The minimum atomic E-state index is -0.954. The van der Waals surface area contributed by atoms with E-state index in [0.717, 1.165) is 0 Å². The highest BCUT2D eigenvalue weighted by atomic mass is 16.5. The smallest absolute Gasteiger partial charge is 0.329 e. The number of carbonyl (C=O) groups is 3. The first-order chi connectivity index (χ1) is 7.95. The van der Waals surface area contributed by atoms with Gasteiger partial charge in [-0.2, -0.15) is 0 Å². The first kappa shape index (κ1) is 13.4. The van der Waals surface area contributed by atoms with Crippen LogP contribution in [-0.4, -0.2) is 72.1 Å². The van der Waals surface area contributed by atoms with E-state index in [1.807, 2.05) is 0 Å². The molecule has 0 unspecified atom stereocenters. The van der Waals surface area contributed by atoms with E-state index >= 15 is 0 Å². The molecule has 0 aliphatic carbocycles. The highest BCUT2D eigenvalue weighted by molar-refractivity contribution is 5.84. The molecule has 1 heterocycles. The average Bonchev–Trinajstić information content (AvgIpc) is 2.26. The van der Waals surface area contributed by atoms with Crippen molar-refractivity contribution >= 4 is 17.8 Å². The largest absolute Gasteiger partial charge is 0.480 e. The second kappa shape index (κ2) is 5.62. The zero-order valence-corrected chi connectivity index (χ0v) is 9.88. The molecule has 1 saturated heterocycles. The fraction of sp³-hybridized carbons (Fsp3) is 0.700. The Morgan fingerprint density at radius 3 is 2.47 bits per heavy atom. The van der Waals surface area contributed by atoms with Gasteiger partial charge in [-0.15, -0.1) is 0 Å². The molecular weight excluding hydrogens is 228 g/mol. The van der Waals surface area contributed by atoms with E-state index in [1.165, 1.54) is 18.9 Å². The van der Waals surface area contributed by atoms with Crippen LogP contribution in [-0.2, 0) is 19.1 Å². The summed E-state index contributed by atoms with van der Waals surface area (Å²) in [6.07, 6.45) is 0. The number of methoxy groups -OCH3 is 1. The minimum absolute atomic E-state index is 0.140. The van der Waals surface area contributed by atoms with Crippen LogP contribution in [0.2, 0.25) is 0 Å². The Kier molecular flexibility index (Phi) is 4.45. The summed E-state index contributed by atoms with van der Waals surface area (Å²) in [7, 11) is 1.25. The van der Waals surface area contributed by atoms with Crippen molar-refractivity contribution in [3.63, 3.8) is 0 Å². The third-order valence-corrected chi connectivity index (χ3v) is 2.70. The van der Waals surface area contributed by atoms with Crippen LogP contribution < -0.4 is 0 Å². The Morgan fingerprint density at radius 1 is 1.35 bits per heavy atom. The van der Waals surface area contributed by atoms with Crippen molar-refractivity contribution in [3.8, 4) is 0 Å². The topological polar surface area (TPSA) is 87.2 Å². The van der Waals surface area contributed by atoms with Crippen LogP contribution in [0.15, 0.2) is 0 Å². The number of ether oxygens (including phenoxy) is 1. The summed E-state index contributed by atoms with van der Waals surface area (Å²) >= 11 is 0. The third-order valence-electron chi connectivity index (χ3n) is 2.70. The van der Waals surface area contributed by atoms with Gasteiger partial charge in [0, 0.05) is 26.6 Å². The number of carboxylic acids is 1. The summed E-state index contributed by atoms with van der Waals surface area (Å²) in [5.41, 5.74) is 0. The molecule has 1 fully saturated rings. The number of carbonyl (C=O) groups excluding carboxylic acids is 2. The molecule has 0 aromatic rings. The fourth-order valence-electron chi connectivity index (χ4n) is 1.89. The number of amides is 1. The molecule has 0 radical (unpaired) electrons. The zero-order valence-electron chi connectivity index (χ0n) is 9.88. The van der Waals surface area contributed by atoms with Gasteiger partial charge in [-0.1, -0.05) is 0 Å². The van der Waals surface area contributed by atoms with E-state index in [1.54, 1.807) is 4.90 Å². The third kappa shape index (κ3) is 3.42. The average molecular weight is 244 g/mol. The van der Waals surface area contributed by atoms with Crippen LogP contribution >= 0.6 is 0 Å². The van der Waals surface area contributed by atoms with Crippen molar-refractivity contribution < 1.29 is 24.2 Å². The number of esters is 1. The van der Waals surface area contributed by atoms with Crippen LogP contribution in [0.3, 0.4) is 0 Å². The maximum Gasteiger partial charge on any atom is 0.329 e. The molecule has 1 amide bonds. The maximum atomic E-state index is 11.5. The van der Waals surface area contributed by atoms with Crippen molar-refractivity contribution in [2.75, 3.05) is 33.3 Å². The molecule has 0 bridgehead atoms. The first-order valence-corrected chi connectivity index (χ1v) is 5.25. The molecule has 1 atom stereocenters. The molecule has 7 nitrogen and oxygen atoms in total. The number of rotatable bonds is 3. The molecule has 7 heteroatoms. The van der Waals surface area contributed by atoms with Crippen LogP contribution in [0.4, 0.5) is 0 Å². The molecule has 1 rings (SSSR count). The predicted octanol–water partition coefficient (Wildman–Crippen LogP) is -1.22. The minimum Gasteiger partial charge on any atom is -0.480 e. The number of piperazine rings is 1. The molecule has 96 valence electrons. The lowest BCUT2D eigenvalue weighted by Gasteiger charge is -2.38. The Morgan fingerprint density at radius 2 is 2.00 bits per heavy atom. The summed E-state index contributed by atoms with van der Waals surface area (Å²) in [6.45, 7) is 2.21. The molecule has 0 saturated carbocycles. The van der Waals surface area contributed by atoms with Gasteiger partial charge in [-0.25, -0.2) is 4.79 Å². The highest BCUT2D eigenvalue weighted by Crippen LogP contribution is 2.11. The molecule has 0 aromatic carbocycles. The second-order valence-corrected chi connectivity index (χ2v) is 3.88. The molecule has 1 aliphatic rings. The van der Waals surface area contributed by atoms with Gasteiger partial charge >= 0.3 is 11.9 Å². The van der Waals surface area contributed by atoms with Gasteiger partial charge in [-0.05, 0) is 0 Å². The highest BCUT2D eigenvalue weighted by Gasteiger charge is 2.35. The van der Waals surface area contributed by atoms with E-state index < -0.39 is 18.0 Å². The second-order valence-electron chi connectivity index (χ2n) is 3.88. The first-order valence-electron chi connectivity index (χ1n) is 5.25. The molecule has 1 N–H and O–H groups in total. The predicted molar refractivity (Wildman–Crippen MR) is 57.3 cm³/mol. The van der Waals surface area contributed by atoms with Gasteiger partial charge in [0.1, 0.15) is 6.04 Å². The van der Waals surface area contributed by atoms with Crippen molar-refractivity contribution in [2.24, 2.45) is 0 Å². The van der Waals surface area contributed by atoms with Crippen LogP contribution in [0.25, 0.3) is 0 Å². The summed E-state index contributed by atoms with van der Waals surface area (Å²) in [6, 6.07) is -0.717. The number of hydrogen-bond acceptors (Lipinski definition) is 5. The zero-order chi connectivity index (χ0) is 13.0. The van der Waals surface area contributed by atoms with E-state index in [9.17, 15) is 14.4 Å². The summed E-state index contributed by atoms with van der Waals surface area (Å²) < 4.78 is 4.62. The lowest BCUT2D eigenvalue weighted by molar-refractivity contribution is -0.156. The molecular formula is C10H16N2O5. The van der Waals surface area contributed by atoms with Crippen molar-refractivity contribution in [2.45, 2.75) is 13.0 Å². The van der Waals surface area contributed by atoms with Crippen LogP contribution in [0.5, 0.6) is 0 Å². The van der Waals surface area contributed by atoms with Crippen LogP contribution in [0.1, 0.15) is 6.92 Å². The van der Waals surface area contributed by atoms with E-state index in [2.05, 4.69) is 4.74 Å². The van der Waals surface area contributed by atoms with Gasteiger partial charge in [0.2, 0.25) is 5.91 Å². The molecule has 17 heavy (non-hydrogen) atoms. The van der Waals surface area contributed by atoms with E-state index in [4.69, 9.17) is 5.11 Å². The quantitative estimate of drug-likeness (QED) is 0.626. The lowest BCUT2D eigenvalue weighted by atomic mass is 10.1. The summed E-state index contributed by atoms with van der Waals surface area (Å²) in [5.74, 6) is -1.68. The summed E-state index contributed by atoms with van der Waals surface area (Å²) in [5, 5.41) is 8.68. The lowest BCUT2D eigenvalue weighted by Crippen LogP contribution is -2.58. The van der Waals surface area contributed by atoms with Gasteiger partial charge in [0.05, 0.1) is 13.7 Å². The van der Waals surface area contributed by atoms with Crippen molar-refractivity contribution in [1.29, 1.82) is 0 Å².